The van der Waals surface area contributed by atoms with Crippen LogP contribution in [0, 0.1) is 0 Å². The van der Waals surface area contributed by atoms with Crippen molar-refractivity contribution in [2.24, 2.45) is 0 Å². The van der Waals surface area contributed by atoms with Gasteiger partial charge in [-0.25, -0.2) is 4.98 Å². The van der Waals surface area contributed by atoms with Gasteiger partial charge in [-0.15, -0.1) is 0 Å². The maximum Gasteiger partial charge on any atom is 0.128 e. The molecule has 0 unspecified atom stereocenters. The molecule has 0 radical (unpaired) electrons. The summed E-state index contributed by atoms with van der Waals surface area (Å²) in [5.74, 6) is -0.679. The molecular formula is C43H56N3O6S-. The highest BCUT2D eigenvalue weighted by atomic mass is 32.2. The minimum atomic E-state index is -1.70. The first-order chi connectivity index (χ1) is 25.7. The van der Waals surface area contributed by atoms with Crippen molar-refractivity contribution in [3.63, 3.8) is 0 Å². The maximum atomic E-state index is 11.3. The molecule has 0 aliphatic rings. The minimum Gasteiger partial charge on any atom is -0.550 e. The molecule has 4 rings (SSSR count). The van der Waals surface area contributed by atoms with E-state index in [1.54, 1.807) is 13.2 Å². The summed E-state index contributed by atoms with van der Waals surface area (Å²) < 4.78 is 5.21. The number of nitrogens with zero attached hydrogens (tertiary/aromatic N) is 2. The number of unbranched alkanes of at least 4 members (excludes halogenated alkanes) is 5. The molecule has 1 heterocycles. The molecule has 53 heavy (non-hydrogen) atoms. The number of aliphatic hydroxyl groups is 1. The van der Waals surface area contributed by atoms with Crippen LogP contribution in [0.3, 0.4) is 0 Å². The molecular weight excluding hydrogens is 687 g/mol. The molecule has 10 heteroatoms. The minimum absolute atomic E-state index is 0.161. The van der Waals surface area contributed by atoms with Crippen LogP contribution < -0.4 is 24.7 Å². The Balaban J connectivity index is 0.000000311. The zero-order valence-electron chi connectivity index (χ0n) is 31.5. The fourth-order valence-corrected chi connectivity index (χ4v) is 7.15. The van der Waals surface area contributed by atoms with Crippen molar-refractivity contribution in [1.29, 1.82) is 0 Å². The number of hydrogen-bond donors (Lipinski definition) is 2. The average Bonchev–Trinajstić information content (AvgIpc) is 3.17. The fraction of sp³-hybridized carbons (Fsp3) is 0.419. The van der Waals surface area contributed by atoms with Gasteiger partial charge < -0.3 is 39.4 Å². The number of aromatic nitrogens is 1. The Morgan fingerprint density at radius 3 is 2.08 bits per heavy atom. The SMILES string of the molecule is COc1ccc(CN(CC[NH+](C)C)c2ccccn2)cc1.O=C([O-])CCS[C@H](c1ccccc1CCCCCCCCc1ccccc1)[C@@H](O)C(=O)[O-]. The third-order valence-electron chi connectivity index (χ3n) is 8.89. The molecule has 2 atom stereocenters. The number of quaternary nitrogens is 1. The van der Waals surface area contributed by atoms with Gasteiger partial charge in [0.2, 0.25) is 0 Å². The zero-order valence-corrected chi connectivity index (χ0v) is 32.3. The van der Waals surface area contributed by atoms with Crippen LogP contribution in [-0.4, -0.2) is 68.2 Å². The summed E-state index contributed by atoms with van der Waals surface area (Å²) in [6.45, 7) is 2.91. The standard InChI is InChI=1S/C26H34O5S.C17H23N3O/c27-23(28)18-19-32-25(24(29)26(30)31)22-17-11-10-16-21(22)15-9-4-2-1-3-6-12-20-13-7-5-8-14-20;1-19(2)12-13-20(17-6-4-5-11-18-17)14-15-7-9-16(21-3)10-8-15/h5,7-8,10-11,13-14,16-17,24-25,29H,1-4,6,9,12,15,18-19H2,(H,27,28)(H,30,31);4-11H,12-14H2,1-3H3/p-1/t24-,25-;/m1./s1. The number of aliphatic hydroxyl groups excluding tert-OH is 1. The van der Waals surface area contributed by atoms with E-state index in [1.165, 1.54) is 35.3 Å². The summed E-state index contributed by atoms with van der Waals surface area (Å²) in [4.78, 5) is 30.2. The van der Waals surface area contributed by atoms with E-state index in [2.05, 4.69) is 66.4 Å². The molecule has 0 amide bonds. The van der Waals surface area contributed by atoms with Crippen LogP contribution in [0.25, 0.3) is 0 Å². The number of aryl methyl sites for hydroxylation is 2. The van der Waals surface area contributed by atoms with Gasteiger partial charge in [0.1, 0.15) is 17.7 Å². The summed E-state index contributed by atoms with van der Waals surface area (Å²) in [6.07, 6.45) is 8.67. The number of carbonyl (C=O) groups excluding carboxylic acids is 2. The van der Waals surface area contributed by atoms with Gasteiger partial charge in [-0.3, -0.25) is 0 Å². The highest BCUT2D eigenvalue weighted by Crippen LogP contribution is 2.35. The lowest BCUT2D eigenvalue weighted by molar-refractivity contribution is -0.856. The topological polar surface area (TPSA) is 130 Å². The van der Waals surface area contributed by atoms with Gasteiger partial charge in [-0.05, 0) is 84.4 Å². The second-order valence-electron chi connectivity index (χ2n) is 13.4. The average molecular weight is 743 g/mol. The van der Waals surface area contributed by atoms with Crippen molar-refractivity contribution in [1.82, 2.24) is 4.98 Å². The van der Waals surface area contributed by atoms with E-state index in [0.717, 1.165) is 86.2 Å². The number of likely N-dealkylation sites (N-methyl/N-ethyl adjacent to an activating group) is 1. The number of carbonyl (C=O) groups is 2. The predicted molar refractivity (Wildman–Crippen MR) is 210 cm³/mol. The Bertz CT molecular complexity index is 1590. The molecule has 0 aliphatic heterocycles. The largest absolute Gasteiger partial charge is 0.550 e. The number of thioether (sulfide) groups is 1. The molecule has 0 saturated carbocycles. The van der Waals surface area contributed by atoms with Crippen LogP contribution in [0.5, 0.6) is 5.75 Å². The van der Waals surface area contributed by atoms with Gasteiger partial charge in [0.25, 0.3) is 0 Å². The molecule has 0 saturated heterocycles. The summed E-state index contributed by atoms with van der Waals surface area (Å²) in [5, 5.41) is 31.4. The Hall–Kier alpha value is -4.38. The van der Waals surface area contributed by atoms with Crippen molar-refractivity contribution in [2.75, 3.05) is 44.9 Å². The van der Waals surface area contributed by atoms with E-state index >= 15 is 0 Å². The number of anilines is 1. The predicted octanol–water partition coefficient (Wildman–Crippen LogP) is 4.08. The second kappa shape index (κ2) is 24.8. The highest BCUT2D eigenvalue weighted by Gasteiger charge is 2.24. The molecule has 0 spiro atoms. The molecule has 2 N–H and O–H groups in total. The number of rotatable bonds is 23. The first-order valence-electron chi connectivity index (χ1n) is 18.6. The van der Waals surface area contributed by atoms with Crippen molar-refractivity contribution in [2.45, 2.75) is 75.7 Å². The van der Waals surface area contributed by atoms with Crippen molar-refractivity contribution < 1.29 is 34.5 Å². The molecule has 286 valence electrons. The maximum absolute atomic E-state index is 11.3. The molecule has 0 fully saturated rings. The number of ether oxygens (including phenoxy) is 1. The Kier molecular flexibility index (Phi) is 20.1. The number of hydrogen-bond acceptors (Lipinski definition) is 9. The van der Waals surface area contributed by atoms with Crippen LogP contribution in [0.4, 0.5) is 5.82 Å². The monoisotopic (exact) mass is 742 g/mol. The number of aliphatic carboxylic acids is 2. The normalized spacial score (nSPS) is 12.0. The number of benzene rings is 3. The van der Waals surface area contributed by atoms with Crippen molar-refractivity contribution in [3.05, 3.63) is 126 Å². The summed E-state index contributed by atoms with van der Waals surface area (Å²) in [6, 6.07) is 32.2. The molecule has 1 aromatic heterocycles. The first kappa shape index (κ1) is 43.0. The van der Waals surface area contributed by atoms with Gasteiger partial charge in [0, 0.05) is 18.7 Å². The van der Waals surface area contributed by atoms with Crippen molar-refractivity contribution >= 4 is 29.5 Å². The Labute approximate surface area is 320 Å². The van der Waals surface area contributed by atoms with Crippen LogP contribution >= 0.6 is 11.8 Å². The molecule has 0 aliphatic carbocycles. The lowest BCUT2D eigenvalue weighted by Crippen LogP contribution is -3.06. The Morgan fingerprint density at radius 2 is 1.45 bits per heavy atom. The number of pyridine rings is 1. The van der Waals surface area contributed by atoms with E-state index in [9.17, 15) is 24.9 Å². The van der Waals surface area contributed by atoms with Gasteiger partial charge in [-0.1, -0.05) is 98.5 Å². The summed E-state index contributed by atoms with van der Waals surface area (Å²) in [5.41, 5.74) is 4.36. The first-order valence-corrected chi connectivity index (χ1v) is 19.6. The van der Waals surface area contributed by atoms with E-state index in [0.29, 0.717) is 0 Å². The fourth-order valence-electron chi connectivity index (χ4n) is 5.90. The quantitative estimate of drug-likeness (QED) is 0.108. The number of carboxylic acids is 2. The summed E-state index contributed by atoms with van der Waals surface area (Å²) in [7, 11) is 6.03. The molecule has 0 bridgehead atoms. The van der Waals surface area contributed by atoms with Gasteiger partial charge >= 0.3 is 0 Å². The van der Waals surface area contributed by atoms with Gasteiger partial charge in [0.05, 0.1) is 45.5 Å². The third kappa shape index (κ3) is 16.9. The van der Waals surface area contributed by atoms with Crippen molar-refractivity contribution in [3.8, 4) is 5.75 Å². The van der Waals surface area contributed by atoms with E-state index < -0.39 is 23.3 Å². The molecule has 3 aromatic carbocycles. The van der Waals surface area contributed by atoms with E-state index in [4.69, 9.17) is 4.74 Å². The van der Waals surface area contributed by atoms with Crippen LogP contribution in [0.15, 0.2) is 103 Å². The van der Waals surface area contributed by atoms with Crippen LogP contribution in [-0.2, 0) is 29.0 Å². The van der Waals surface area contributed by atoms with Crippen LogP contribution in [0.1, 0.15) is 72.4 Å². The number of methoxy groups -OCH3 is 1. The number of nitrogens with one attached hydrogen (secondary N) is 1. The highest BCUT2D eigenvalue weighted by molar-refractivity contribution is 7.99. The zero-order chi connectivity index (χ0) is 38.3. The van der Waals surface area contributed by atoms with Gasteiger partial charge in [0.15, 0.2) is 0 Å². The van der Waals surface area contributed by atoms with Crippen LogP contribution in [0.2, 0.25) is 0 Å². The lowest BCUT2D eigenvalue weighted by Gasteiger charge is -2.26. The molecule has 4 aromatic rings. The lowest BCUT2D eigenvalue weighted by atomic mass is 9.96. The smallest absolute Gasteiger partial charge is 0.128 e. The summed E-state index contributed by atoms with van der Waals surface area (Å²) >= 11 is 1.11. The Morgan fingerprint density at radius 1 is 0.811 bits per heavy atom. The van der Waals surface area contributed by atoms with E-state index in [1.807, 2.05) is 54.7 Å². The van der Waals surface area contributed by atoms with E-state index in [-0.39, 0.29) is 12.2 Å². The second-order valence-corrected chi connectivity index (χ2v) is 14.6. The number of carboxylic acid groups (broad SMARTS) is 2. The van der Waals surface area contributed by atoms with Gasteiger partial charge in [-0.2, -0.15) is 11.8 Å². The molecule has 9 nitrogen and oxygen atoms in total. The third-order valence-corrected chi connectivity index (χ3v) is 10.2.